The molecule has 2 aromatic carbocycles. The first-order chi connectivity index (χ1) is 12.5. The SMILES string of the molecule is COc1ccccc1NC(=O)c1cn(C)nc1-c1ccc([N+](=O)[O-])cc1. The van der Waals surface area contributed by atoms with Crippen molar-refractivity contribution in [3.63, 3.8) is 0 Å². The van der Waals surface area contributed by atoms with Gasteiger partial charge in [0.25, 0.3) is 11.6 Å². The second kappa shape index (κ2) is 7.06. The highest BCUT2D eigenvalue weighted by Gasteiger charge is 2.19. The summed E-state index contributed by atoms with van der Waals surface area (Å²) in [5.74, 6) is 0.192. The quantitative estimate of drug-likeness (QED) is 0.561. The van der Waals surface area contributed by atoms with Crippen LogP contribution >= 0.6 is 0 Å². The lowest BCUT2D eigenvalue weighted by Crippen LogP contribution is -2.13. The van der Waals surface area contributed by atoms with Crippen LogP contribution in [0.3, 0.4) is 0 Å². The van der Waals surface area contributed by atoms with E-state index in [1.165, 1.54) is 23.9 Å². The maximum atomic E-state index is 12.7. The molecule has 26 heavy (non-hydrogen) atoms. The standard InChI is InChI=1S/C18H16N4O4/c1-21-11-14(18(23)19-15-5-3-4-6-16(15)26-2)17(20-21)12-7-9-13(10-8-12)22(24)25/h3-11H,1-2H3,(H,19,23). The molecule has 3 aromatic rings. The van der Waals surface area contributed by atoms with Crippen LogP contribution in [0.2, 0.25) is 0 Å². The number of nitro benzene ring substituents is 1. The molecule has 0 aliphatic rings. The number of aromatic nitrogens is 2. The Labute approximate surface area is 149 Å². The van der Waals surface area contributed by atoms with E-state index >= 15 is 0 Å². The van der Waals surface area contributed by atoms with E-state index in [0.717, 1.165) is 0 Å². The molecular weight excluding hydrogens is 336 g/mol. The average molecular weight is 352 g/mol. The summed E-state index contributed by atoms with van der Waals surface area (Å²) >= 11 is 0. The Morgan fingerprint density at radius 2 is 1.88 bits per heavy atom. The number of nitrogens with one attached hydrogen (secondary N) is 1. The average Bonchev–Trinajstić information content (AvgIpc) is 3.04. The van der Waals surface area contributed by atoms with Crippen LogP contribution in [0.1, 0.15) is 10.4 Å². The predicted molar refractivity (Wildman–Crippen MR) is 96.2 cm³/mol. The van der Waals surface area contributed by atoms with Gasteiger partial charge in [0, 0.05) is 30.9 Å². The van der Waals surface area contributed by atoms with Crippen molar-refractivity contribution < 1.29 is 14.5 Å². The Balaban J connectivity index is 1.93. The van der Waals surface area contributed by atoms with Crippen molar-refractivity contribution in [2.75, 3.05) is 12.4 Å². The van der Waals surface area contributed by atoms with Crippen molar-refractivity contribution in [1.29, 1.82) is 0 Å². The molecule has 0 radical (unpaired) electrons. The Kier molecular flexibility index (Phi) is 4.66. The van der Waals surface area contributed by atoms with E-state index in [0.29, 0.717) is 28.3 Å². The first kappa shape index (κ1) is 17.2. The summed E-state index contributed by atoms with van der Waals surface area (Å²) in [6.45, 7) is 0. The molecule has 3 rings (SSSR count). The van der Waals surface area contributed by atoms with Gasteiger partial charge in [-0.1, -0.05) is 12.1 Å². The molecule has 1 amide bonds. The summed E-state index contributed by atoms with van der Waals surface area (Å²) in [5, 5.41) is 17.9. The number of carbonyl (C=O) groups is 1. The van der Waals surface area contributed by atoms with Crippen LogP contribution in [0.4, 0.5) is 11.4 Å². The largest absolute Gasteiger partial charge is 0.495 e. The van der Waals surface area contributed by atoms with Gasteiger partial charge in [-0.15, -0.1) is 0 Å². The summed E-state index contributed by atoms with van der Waals surface area (Å²) in [5.41, 5.74) is 1.92. The van der Waals surface area contributed by atoms with Crippen LogP contribution in [0, 0.1) is 10.1 Å². The molecule has 0 bridgehead atoms. The third-order valence-corrected chi connectivity index (χ3v) is 3.78. The van der Waals surface area contributed by atoms with E-state index < -0.39 is 4.92 Å². The second-order valence-corrected chi connectivity index (χ2v) is 5.52. The fraction of sp³-hybridized carbons (Fsp3) is 0.111. The van der Waals surface area contributed by atoms with Gasteiger partial charge >= 0.3 is 0 Å². The lowest BCUT2D eigenvalue weighted by atomic mass is 10.1. The number of non-ortho nitro benzene ring substituents is 1. The number of amides is 1. The minimum absolute atomic E-state index is 0.0234. The molecule has 1 N–H and O–H groups in total. The number of hydrogen-bond acceptors (Lipinski definition) is 5. The summed E-state index contributed by atoms with van der Waals surface area (Å²) < 4.78 is 6.76. The minimum Gasteiger partial charge on any atom is -0.495 e. The molecule has 0 spiro atoms. The molecule has 8 heteroatoms. The maximum absolute atomic E-state index is 12.7. The zero-order valence-electron chi connectivity index (χ0n) is 14.2. The number of benzene rings is 2. The Morgan fingerprint density at radius 3 is 2.54 bits per heavy atom. The smallest absolute Gasteiger partial charge is 0.269 e. The van der Waals surface area contributed by atoms with Gasteiger partial charge < -0.3 is 10.1 Å². The van der Waals surface area contributed by atoms with Crippen molar-refractivity contribution in [3.8, 4) is 17.0 Å². The monoisotopic (exact) mass is 352 g/mol. The molecule has 1 aromatic heterocycles. The van der Waals surface area contributed by atoms with Gasteiger partial charge in [0.1, 0.15) is 11.4 Å². The van der Waals surface area contributed by atoms with E-state index in [4.69, 9.17) is 4.74 Å². The van der Waals surface area contributed by atoms with Crippen molar-refractivity contribution in [2.24, 2.45) is 7.05 Å². The number of nitro groups is 1. The molecule has 0 aliphatic carbocycles. The number of ether oxygens (including phenoxy) is 1. The normalized spacial score (nSPS) is 10.4. The van der Waals surface area contributed by atoms with Gasteiger partial charge in [-0.05, 0) is 24.3 Å². The Morgan fingerprint density at radius 1 is 1.19 bits per heavy atom. The van der Waals surface area contributed by atoms with Gasteiger partial charge in [-0.25, -0.2) is 0 Å². The first-order valence-corrected chi connectivity index (χ1v) is 7.72. The maximum Gasteiger partial charge on any atom is 0.269 e. The molecule has 0 atom stereocenters. The zero-order chi connectivity index (χ0) is 18.7. The molecule has 0 saturated carbocycles. The van der Waals surface area contributed by atoms with Crippen LogP contribution in [-0.2, 0) is 7.05 Å². The van der Waals surface area contributed by atoms with Gasteiger partial charge in [-0.3, -0.25) is 19.6 Å². The van der Waals surface area contributed by atoms with Gasteiger partial charge in [0.2, 0.25) is 0 Å². The van der Waals surface area contributed by atoms with Crippen molar-refractivity contribution in [3.05, 3.63) is 70.4 Å². The van der Waals surface area contributed by atoms with Gasteiger partial charge in [-0.2, -0.15) is 5.10 Å². The second-order valence-electron chi connectivity index (χ2n) is 5.52. The van der Waals surface area contributed by atoms with Crippen molar-refractivity contribution in [2.45, 2.75) is 0 Å². The molecular formula is C18H16N4O4. The van der Waals surface area contributed by atoms with E-state index in [9.17, 15) is 14.9 Å². The number of carbonyl (C=O) groups excluding carboxylic acids is 1. The first-order valence-electron chi connectivity index (χ1n) is 7.72. The lowest BCUT2D eigenvalue weighted by Gasteiger charge is -2.09. The van der Waals surface area contributed by atoms with E-state index in [-0.39, 0.29) is 11.6 Å². The van der Waals surface area contributed by atoms with Crippen LogP contribution in [0.5, 0.6) is 5.75 Å². The number of nitrogens with zero attached hydrogens (tertiary/aromatic N) is 3. The topological polar surface area (TPSA) is 99.3 Å². The molecule has 0 unspecified atom stereocenters. The van der Waals surface area contributed by atoms with E-state index in [1.54, 1.807) is 49.6 Å². The molecule has 8 nitrogen and oxygen atoms in total. The molecule has 0 aliphatic heterocycles. The van der Waals surface area contributed by atoms with Crippen LogP contribution in [0.15, 0.2) is 54.7 Å². The number of aryl methyl sites for hydroxylation is 1. The Hall–Kier alpha value is -3.68. The number of para-hydroxylation sites is 2. The highest BCUT2D eigenvalue weighted by atomic mass is 16.6. The number of rotatable bonds is 5. The van der Waals surface area contributed by atoms with Crippen LogP contribution in [0.25, 0.3) is 11.3 Å². The molecule has 132 valence electrons. The van der Waals surface area contributed by atoms with E-state index in [2.05, 4.69) is 10.4 Å². The highest BCUT2D eigenvalue weighted by Crippen LogP contribution is 2.27. The summed E-state index contributed by atoms with van der Waals surface area (Å²) in [6, 6.07) is 13.0. The number of anilines is 1. The van der Waals surface area contributed by atoms with Crippen molar-refractivity contribution in [1.82, 2.24) is 9.78 Å². The third kappa shape index (κ3) is 3.39. The molecule has 0 fully saturated rings. The van der Waals surface area contributed by atoms with Crippen LogP contribution in [-0.4, -0.2) is 27.7 Å². The fourth-order valence-corrected chi connectivity index (χ4v) is 2.55. The fourth-order valence-electron chi connectivity index (χ4n) is 2.55. The molecule has 0 saturated heterocycles. The highest BCUT2D eigenvalue weighted by molar-refractivity contribution is 6.08. The summed E-state index contributed by atoms with van der Waals surface area (Å²) in [4.78, 5) is 23.1. The minimum atomic E-state index is -0.475. The third-order valence-electron chi connectivity index (χ3n) is 3.78. The van der Waals surface area contributed by atoms with Gasteiger partial charge in [0.05, 0.1) is 23.3 Å². The van der Waals surface area contributed by atoms with Gasteiger partial charge in [0.15, 0.2) is 0 Å². The molecule has 1 heterocycles. The zero-order valence-corrected chi connectivity index (χ0v) is 14.2. The number of methoxy groups -OCH3 is 1. The number of hydrogen-bond donors (Lipinski definition) is 1. The van der Waals surface area contributed by atoms with Crippen LogP contribution < -0.4 is 10.1 Å². The summed E-state index contributed by atoms with van der Waals surface area (Å²) in [7, 11) is 3.23. The van der Waals surface area contributed by atoms with E-state index in [1.807, 2.05) is 0 Å². The summed E-state index contributed by atoms with van der Waals surface area (Å²) in [6.07, 6.45) is 1.60. The lowest BCUT2D eigenvalue weighted by molar-refractivity contribution is -0.384. The predicted octanol–water partition coefficient (Wildman–Crippen LogP) is 3.26. The van der Waals surface area contributed by atoms with Crippen molar-refractivity contribution >= 4 is 17.3 Å². The Bertz CT molecular complexity index is 964.